The normalized spacial score (nSPS) is 13.4. The Morgan fingerprint density at radius 1 is 0.571 bits per heavy atom. The van der Waals surface area contributed by atoms with E-state index in [9.17, 15) is 0 Å². The quantitative estimate of drug-likeness (QED) is 0.0985. The Labute approximate surface area is 221 Å². The van der Waals surface area contributed by atoms with Crippen molar-refractivity contribution >= 4 is 0 Å². The van der Waals surface area contributed by atoms with E-state index in [1.807, 2.05) is 0 Å². The predicted octanol–water partition coefficient (Wildman–Crippen LogP) is 11.4. The monoisotopic (exact) mass is 490 g/mol. The number of rotatable bonds is 26. The fourth-order valence-electron chi connectivity index (χ4n) is 5.73. The second-order valence-corrected chi connectivity index (χ2v) is 11.5. The minimum atomic E-state index is 0.622. The van der Waals surface area contributed by atoms with Gasteiger partial charge in [-0.05, 0) is 32.6 Å². The van der Waals surface area contributed by atoms with E-state index < -0.39 is 0 Å². The average Bonchev–Trinajstić information content (AvgIpc) is 3.36. The van der Waals surface area contributed by atoms with E-state index >= 15 is 0 Å². The van der Waals surface area contributed by atoms with Crippen LogP contribution in [0.25, 0.3) is 0 Å². The Bertz CT molecular complexity index is 549. The first-order chi connectivity index (χ1) is 17.2. The van der Waals surface area contributed by atoms with Crippen LogP contribution >= 0.6 is 0 Å². The Hall–Kier alpha value is -0.790. The molecule has 1 heterocycles. The highest BCUT2D eigenvalue weighted by Gasteiger charge is 2.24. The highest BCUT2D eigenvalue weighted by atomic mass is 15.1. The number of unbranched alkanes of at least 4 members (excludes halogenated alkanes) is 19. The molecule has 0 spiro atoms. The summed E-state index contributed by atoms with van der Waals surface area (Å²) in [5, 5.41) is 0. The maximum atomic E-state index is 3.62. The summed E-state index contributed by atoms with van der Waals surface area (Å²) in [6.07, 6.45) is 38.5. The summed E-state index contributed by atoms with van der Waals surface area (Å²) in [6, 6.07) is 0.622. The van der Waals surface area contributed by atoms with E-state index in [0.717, 1.165) is 0 Å². The lowest BCUT2D eigenvalue weighted by Gasteiger charge is -2.16. The molecule has 0 fully saturated rings. The Morgan fingerprint density at radius 3 is 1.40 bits per heavy atom. The van der Waals surface area contributed by atoms with Gasteiger partial charge < -0.3 is 0 Å². The molecule has 2 heteroatoms. The minimum Gasteiger partial charge on any atom is -0.247 e. The number of hydrogen-bond donors (Lipinski definition) is 1. The fraction of sp³-hybridized carbons (Fsp3) is 0.909. The number of nitrogens with zero attached hydrogens (tertiary/aromatic N) is 1. The molecular formula is C33H65N2+. The lowest BCUT2D eigenvalue weighted by Crippen LogP contribution is -2.41. The molecule has 206 valence electrons. The molecule has 0 aliphatic rings. The molecule has 0 saturated heterocycles. The molecule has 1 rings (SSSR count). The topological polar surface area (TPSA) is 19.7 Å². The van der Waals surface area contributed by atoms with Gasteiger partial charge in [0.05, 0.1) is 12.0 Å². The number of aromatic amines is 1. The number of aromatic nitrogens is 2. The van der Waals surface area contributed by atoms with Gasteiger partial charge in [0.1, 0.15) is 12.4 Å². The van der Waals surface area contributed by atoms with Gasteiger partial charge >= 0.3 is 0 Å². The van der Waals surface area contributed by atoms with Crippen LogP contribution < -0.4 is 4.57 Å². The van der Waals surface area contributed by atoms with Crippen molar-refractivity contribution in [2.24, 2.45) is 0 Å². The van der Waals surface area contributed by atoms with Crippen molar-refractivity contribution in [1.29, 1.82) is 0 Å². The van der Waals surface area contributed by atoms with Crippen LogP contribution in [0.2, 0.25) is 0 Å². The van der Waals surface area contributed by atoms with Crippen molar-refractivity contribution in [2.75, 3.05) is 0 Å². The molecule has 2 atom stereocenters. The molecule has 1 aromatic rings. The van der Waals surface area contributed by atoms with Crippen LogP contribution in [0.1, 0.15) is 200 Å². The van der Waals surface area contributed by atoms with Crippen LogP contribution in [0.5, 0.6) is 0 Å². The van der Waals surface area contributed by atoms with Gasteiger partial charge in [0, 0.05) is 0 Å². The summed E-state index contributed by atoms with van der Waals surface area (Å²) in [5.41, 5.74) is 0. The third-order valence-electron chi connectivity index (χ3n) is 8.23. The van der Waals surface area contributed by atoms with Gasteiger partial charge in [-0.2, -0.15) is 0 Å². The fourth-order valence-corrected chi connectivity index (χ4v) is 5.73. The van der Waals surface area contributed by atoms with E-state index in [4.69, 9.17) is 0 Å². The van der Waals surface area contributed by atoms with E-state index in [0.29, 0.717) is 12.0 Å². The smallest absolute Gasteiger partial charge is 0.247 e. The van der Waals surface area contributed by atoms with E-state index in [2.05, 4.69) is 49.6 Å². The molecule has 0 aromatic carbocycles. The zero-order valence-electron chi connectivity index (χ0n) is 24.7. The first kappa shape index (κ1) is 32.2. The number of hydrogen-bond acceptors (Lipinski definition) is 0. The maximum absolute atomic E-state index is 3.62. The second kappa shape index (κ2) is 23.6. The highest BCUT2D eigenvalue weighted by molar-refractivity contribution is 4.89. The number of H-pyrrole nitrogens is 1. The van der Waals surface area contributed by atoms with Crippen LogP contribution in [0.3, 0.4) is 0 Å². The molecule has 0 radical (unpaired) electrons. The molecular weight excluding hydrogens is 424 g/mol. The predicted molar refractivity (Wildman–Crippen MR) is 156 cm³/mol. The van der Waals surface area contributed by atoms with Gasteiger partial charge in [-0.25, -0.2) is 9.55 Å². The zero-order valence-corrected chi connectivity index (χ0v) is 24.7. The lowest BCUT2D eigenvalue weighted by atomic mass is 9.96. The molecule has 35 heavy (non-hydrogen) atoms. The number of imidazole rings is 1. The molecule has 2 nitrogen and oxygen atoms in total. The first-order valence-electron chi connectivity index (χ1n) is 16.3. The summed E-state index contributed by atoms with van der Waals surface area (Å²) >= 11 is 0. The Balaban J connectivity index is 2.07. The molecule has 0 aliphatic carbocycles. The third kappa shape index (κ3) is 16.6. The standard InChI is InChI=1S/C33H64N2/c1-5-8-10-12-14-15-16-17-18-19-20-21-22-23-25-27-31(4)35-30-29-34-33(35)32(7-3)28-26-24-13-11-9-6-2/h29-32H,5-28H2,1-4H3/p+1. The molecule has 2 unspecified atom stereocenters. The molecule has 1 aromatic heterocycles. The van der Waals surface area contributed by atoms with Crippen molar-refractivity contribution < 1.29 is 4.57 Å². The van der Waals surface area contributed by atoms with Gasteiger partial charge in [-0.3, -0.25) is 0 Å². The molecule has 0 saturated carbocycles. The lowest BCUT2D eigenvalue weighted by molar-refractivity contribution is -0.727. The zero-order chi connectivity index (χ0) is 25.4. The van der Waals surface area contributed by atoms with Crippen LogP contribution in [-0.4, -0.2) is 4.98 Å². The van der Waals surface area contributed by atoms with Crippen LogP contribution in [0.15, 0.2) is 12.4 Å². The third-order valence-corrected chi connectivity index (χ3v) is 8.23. The van der Waals surface area contributed by atoms with Crippen LogP contribution in [-0.2, 0) is 0 Å². The van der Waals surface area contributed by atoms with Crippen molar-refractivity contribution in [1.82, 2.24) is 4.98 Å². The van der Waals surface area contributed by atoms with E-state index in [-0.39, 0.29) is 0 Å². The van der Waals surface area contributed by atoms with Gasteiger partial charge in [0.15, 0.2) is 0 Å². The van der Waals surface area contributed by atoms with Crippen molar-refractivity contribution in [3.05, 3.63) is 18.2 Å². The summed E-state index contributed by atoms with van der Waals surface area (Å²) < 4.78 is 2.56. The SMILES string of the molecule is CCCCCCCCCCCCCCCCCC(C)[n+]1cc[nH]c1C(CC)CCCCCCCC. The summed E-state index contributed by atoms with van der Waals surface area (Å²) in [7, 11) is 0. The summed E-state index contributed by atoms with van der Waals surface area (Å²) in [4.78, 5) is 3.62. The van der Waals surface area contributed by atoms with E-state index in [1.54, 1.807) is 0 Å². The van der Waals surface area contributed by atoms with Gasteiger partial charge in [0.25, 0.3) is 5.82 Å². The van der Waals surface area contributed by atoms with Crippen molar-refractivity contribution in [3.8, 4) is 0 Å². The first-order valence-corrected chi connectivity index (χ1v) is 16.3. The van der Waals surface area contributed by atoms with Crippen molar-refractivity contribution in [3.63, 3.8) is 0 Å². The summed E-state index contributed by atoms with van der Waals surface area (Å²) in [5.74, 6) is 2.18. The van der Waals surface area contributed by atoms with Crippen LogP contribution in [0.4, 0.5) is 0 Å². The second-order valence-electron chi connectivity index (χ2n) is 11.5. The largest absolute Gasteiger partial charge is 0.257 e. The average molecular weight is 490 g/mol. The number of nitrogens with one attached hydrogen (secondary N) is 1. The van der Waals surface area contributed by atoms with Gasteiger partial charge in [-0.15, -0.1) is 0 Å². The highest BCUT2D eigenvalue weighted by Crippen LogP contribution is 2.24. The Morgan fingerprint density at radius 2 is 0.971 bits per heavy atom. The van der Waals surface area contributed by atoms with Gasteiger partial charge in [-0.1, -0.05) is 149 Å². The van der Waals surface area contributed by atoms with Crippen molar-refractivity contribution in [2.45, 2.75) is 194 Å². The molecule has 0 amide bonds. The summed E-state index contributed by atoms with van der Waals surface area (Å²) in [6.45, 7) is 9.40. The maximum Gasteiger partial charge on any atom is 0.257 e. The van der Waals surface area contributed by atoms with E-state index in [1.165, 1.54) is 160 Å². The molecule has 1 N–H and O–H groups in total. The molecule has 0 bridgehead atoms. The molecule has 0 aliphatic heterocycles. The Kier molecular flexibility index (Phi) is 21.7. The minimum absolute atomic E-state index is 0.622. The van der Waals surface area contributed by atoms with Crippen LogP contribution in [0, 0.1) is 0 Å². The van der Waals surface area contributed by atoms with Gasteiger partial charge in [0.2, 0.25) is 0 Å².